The van der Waals surface area contributed by atoms with Gasteiger partial charge >= 0.3 is 0 Å². The van der Waals surface area contributed by atoms with E-state index in [0.717, 1.165) is 46.8 Å². The molecule has 0 aliphatic carbocycles. The molecule has 3 rings (SSSR count). The van der Waals surface area contributed by atoms with E-state index in [2.05, 4.69) is 33.4 Å². The smallest absolute Gasteiger partial charge is 0.126 e. The Hall–Kier alpha value is -0.750. The summed E-state index contributed by atoms with van der Waals surface area (Å²) in [6.07, 6.45) is 1.76. The first-order valence-corrected chi connectivity index (χ1v) is 8.84. The van der Waals surface area contributed by atoms with Gasteiger partial charge in [0.1, 0.15) is 10.6 Å². The van der Waals surface area contributed by atoms with E-state index in [9.17, 15) is 0 Å². The highest BCUT2D eigenvalue weighted by atomic mass is 79.9. The number of nitrogens with zero attached hydrogens (tertiary/aromatic N) is 1. The first-order chi connectivity index (χ1) is 10.2. The van der Waals surface area contributed by atoms with Gasteiger partial charge in [-0.3, -0.25) is 0 Å². The van der Waals surface area contributed by atoms with E-state index in [4.69, 9.17) is 14.5 Å². The minimum absolute atomic E-state index is 0.262. The highest BCUT2D eigenvalue weighted by Gasteiger charge is 2.38. The molecule has 0 N–H and O–H groups in total. The number of rotatable bonds is 4. The Labute approximate surface area is 137 Å². The van der Waals surface area contributed by atoms with Crippen molar-refractivity contribution in [1.29, 1.82) is 0 Å². The highest BCUT2D eigenvalue weighted by Crippen LogP contribution is 2.39. The van der Waals surface area contributed by atoms with E-state index in [1.807, 2.05) is 19.1 Å². The Bertz CT molecular complexity index is 602. The number of ether oxygens (including phenoxy) is 2. The Balaban J connectivity index is 1.92. The molecule has 0 spiro atoms. The molecule has 1 aromatic heterocycles. The van der Waals surface area contributed by atoms with Crippen molar-refractivity contribution in [3.8, 4) is 11.3 Å². The van der Waals surface area contributed by atoms with E-state index in [0.29, 0.717) is 6.61 Å². The average molecular weight is 368 g/mol. The third kappa shape index (κ3) is 3.21. The van der Waals surface area contributed by atoms with E-state index in [1.54, 1.807) is 11.3 Å². The van der Waals surface area contributed by atoms with Gasteiger partial charge in [-0.05, 0) is 19.1 Å². The number of thiazole rings is 1. The van der Waals surface area contributed by atoms with Gasteiger partial charge in [-0.15, -0.1) is 11.3 Å². The molecule has 0 unspecified atom stereocenters. The van der Waals surface area contributed by atoms with Crippen molar-refractivity contribution >= 4 is 27.3 Å². The molecule has 3 nitrogen and oxygen atoms in total. The van der Waals surface area contributed by atoms with Crippen LogP contribution in [0.4, 0.5) is 0 Å². The van der Waals surface area contributed by atoms with Crippen LogP contribution in [0.15, 0.2) is 34.1 Å². The summed E-state index contributed by atoms with van der Waals surface area (Å²) in [6, 6.07) is 8.24. The molecule has 2 aromatic rings. The van der Waals surface area contributed by atoms with E-state index in [1.165, 1.54) is 0 Å². The Kier molecular flexibility index (Phi) is 4.74. The van der Waals surface area contributed by atoms with Crippen molar-refractivity contribution in [3.05, 3.63) is 39.1 Å². The first-order valence-electron chi connectivity index (χ1n) is 7.17. The molecule has 1 fully saturated rings. The number of hydrogen-bond donors (Lipinski definition) is 0. The third-order valence-corrected chi connectivity index (χ3v) is 5.26. The highest BCUT2D eigenvalue weighted by molar-refractivity contribution is 9.10. The lowest BCUT2D eigenvalue weighted by Crippen LogP contribution is -2.36. The SMILES string of the molecule is CCOC1(c2nc(-c3cccc(Br)c3)cs2)CCOCC1. The van der Waals surface area contributed by atoms with Gasteiger partial charge in [0.15, 0.2) is 0 Å². The van der Waals surface area contributed by atoms with Crippen molar-refractivity contribution in [2.45, 2.75) is 25.4 Å². The van der Waals surface area contributed by atoms with E-state index in [-0.39, 0.29) is 5.60 Å². The van der Waals surface area contributed by atoms with Crippen molar-refractivity contribution < 1.29 is 9.47 Å². The second-order valence-electron chi connectivity index (χ2n) is 5.09. The number of halogens is 1. The standard InChI is InChI=1S/C16H18BrNO2S/c1-2-20-16(6-8-19-9-7-16)15-18-14(11-21-15)12-4-3-5-13(17)10-12/h3-5,10-11H,2,6-9H2,1H3. The summed E-state index contributed by atoms with van der Waals surface area (Å²) >= 11 is 5.20. The van der Waals surface area contributed by atoms with Crippen LogP contribution in [0.1, 0.15) is 24.8 Å². The summed E-state index contributed by atoms with van der Waals surface area (Å²) in [5.74, 6) is 0. The zero-order chi connectivity index (χ0) is 14.7. The van der Waals surface area contributed by atoms with Gasteiger partial charge in [0.05, 0.1) is 5.69 Å². The summed E-state index contributed by atoms with van der Waals surface area (Å²) in [5, 5.41) is 3.19. The molecular formula is C16H18BrNO2S. The van der Waals surface area contributed by atoms with E-state index >= 15 is 0 Å². The molecule has 5 heteroatoms. The predicted molar refractivity (Wildman–Crippen MR) is 88.6 cm³/mol. The summed E-state index contributed by atoms with van der Waals surface area (Å²) < 4.78 is 12.6. The summed E-state index contributed by atoms with van der Waals surface area (Å²) in [5.41, 5.74) is 1.88. The minimum Gasteiger partial charge on any atom is -0.381 e. The Morgan fingerprint density at radius 1 is 1.38 bits per heavy atom. The largest absolute Gasteiger partial charge is 0.381 e. The average Bonchev–Trinajstić information content (AvgIpc) is 2.99. The van der Waals surface area contributed by atoms with Gasteiger partial charge in [-0.25, -0.2) is 4.98 Å². The second kappa shape index (κ2) is 6.57. The molecular weight excluding hydrogens is 350 g/mol. The molecule has 0 radical (unpaired) electrons. The van der Waals surface area contributed by atoms with E-state index < -0.39 is 0 Å². The summed E-state index contributed by atoms with van der Waals surface area (Å²) in [6.45, 7) is 4.23. The summed E-state index contributed by atoms with van der Waals surface area (Å²) in [7, 11) is 0. The van der Waals surface area contributed by atoms with Gasteiger partial charge in [0.2, 0.25) is 0 Å². The zero-order valence-corrected chi connectivity index (χ0v) is 14.4. The molecule has 1 aliphatic heterocycles. The number of benzene rings is 1. The van der Waals surface area contributed by atoms with Crippen LogP contribution in [0.2, 0.25) is 0 Å². The lowest BCUT2D eigenvalue weighted by Gasteiger charge is -2.35. The molecule has 21 heavy (non-hydrogen) atoms. The van der Waals surface area contributed by atoms with Gasteiger partial charge in [-0.1, -0.05) is 28.1 Å². The fraction of sp³-hybridized carbons (Fsp3) is 0.438. The molecule has 112 valence electrons. The molecule has 1 aromatic carbocycles. The number of aromatic nitrogens is 1. The maximum atomic E-state index is 6.09. The van der Waals surface area contributed by atoms with Crippen LogP contribution in [0, 0.1) is 0 Å². The maximum Gasteiger partial charge on any atom is 0.126 e. The molecule has 1 aliphatic rings. The van der Waals surface area contributed by atoms with Crippen LogP contribution in [-0.4, -0.2) is 24.8 Å². The van der Waals surface area contributed by atoms with Crippen molar-refractivity contribution in [1.82, 2.24) is 4.98 Å². The molecule has 0 saturated carbocycles. The van der Waals surface area contributed by atoms with Gasteiger partial charge < -0.3 is 9.47 Å². The van der Waals surface area contributed by atoms with Crippen LogP contribution >= 0.6 is 27.3 Å². The zero-order valence-electron chi connectivity index (χ0n) is 12.0. The van der Waals surface area contributed by atoms with Gasteiger partial charge in [0, 0.05) is 48.1 Å². The Morgan fingerprint density at radius 3 is 2.90 bits per heavy atom. The van der Waals surface area contributed by atoms with Crippen LogP contribution in [0.25, 0.3) is 11.3 Å². The lowest BCUT2D eigenvalue weighted by atomic mass is 9.94. The second-order valence-corrected chi connectivity index (χ2v) is 6.86. The maximum absolute atomic E-state index is 6.09. The van der Waals surface area contributed by atoms with Crippen LogP contribution in [0.3, 0.4) is 0 Å². The summed E-state index contributed by atoms with van der Waals surface area (Å²) in [4.78, 5) is 4.85. The van der Waals surface area contributed by atoms with Crippen LogP contribution < -0.4 is 0 Å². The third-order valence-electron chi connectivity index (χ3n) is 3.74. The van der Waals surface area contributed by atoms with Crippen molar-refractivity contribution in [2.75, 3.05) is 19.8 Å². The predicted octanol–water partition coefficient (Wildman–Crippen LogP) is 4.61. The van der Waals surface area contributed by atoms with Crippen molar-refractivity contribution in [2.24, 2.45) is 0 Å². The van der Waals surface area contributed by atoms with Gasteiger partial charge in [-0.2, -0.15) is 0 Å². The van der Waals surface area contributed by atoms with Crippen molar-refractivity contribution in [3.63, 3.8) is 0 Å². The van der Waals surface area contributed by atoms with Crippen LogP contribution in [-0.2, 0) is 15.1 Å². The normalized spacial score (nSPS) is 17.8. The molecule has 0 bridgehead atoms. The van der Waals surface area contributed by atoms with Gasteiger partial charge in [0.25, 0.3) is 0 Å². The first kappa shape index (κ1) is 15.2. The Morgan fingerprint density at radius 2 is 2.19 bits per heavy atom. The van der Waals surface area contributed by atoms with Crippen LogP contribution in [0.5, 0.6) is 0 Å². The molecule has 0 amide bonds. The quantitative estimate of drug-likeness (QED) is 0.790. The fourth-order valence-corrected chi connectivity index (χ4v) is 4.10. The molecule has 0 atom stereocenters. The lowest BCUT2D eigenvalue weighted by molar-refractivity contribution is -0.112. The number of hydrogen-bond acceptors (Lipinski definition) is 4. The molecule has 2 heterocycles. The fourth-order valence-electron chi connectivity index (χ4n) is 2.66. The monoisotopic (exact) mass is 367 g/mol. The minimum atomic E-state index is -0.262. The molecule has 1 saturated heterocycles. The topological polar surface area (TPSA) is 31.4 Å².